The SMILES string of the molecule is NCC1CCCCN1Cc1cnn(CCO)c1. The molecule has 0 radical (unpaired) electrons. The van der Waals surface area contributed by atoms with Crippen LogP contribution in [0.5, 0.6) is 0 Å². The summed E-state index contributed by atoms with van der Waals surface area (Å²) in [6.07, 6.45) is 7.67. The third-order valence-corrected chi connectivity index (χ3v) is 3.42. The monoisotopic (exact) mass is 238 g/mol. The van der Waals surface area contributed by atoms with Crippen molar-refractivity contribution in [3.63, 3.8) is 0 Å². The minimum absolute atomic E-state index is 0.135. The highest BCUT2D eigenvalue weighted by atomic mass is 16.3. The van der Waals surface area contributed by atoms with Gasteiger partial charge in [0.25, 0.3) is 0 Å². The molecule has 0 aromatic carbocycles. The third kappa shape index (κ3) is 3.28. The van der Waals surface area contributed by atoms with E-state index in [1.54, 1.807) is 4.68 Å². The van der Waals surface area contributed by atoms with Crippen LogP contribution in [0.1, 0.15) is 24.8 Å². The largest absolute Gasteiger partial charge is 0.394 e. The normalized spacial score (nSPS) is 21.9. The van der Waals surface area contributed by atoms with Crippen LogP contribution in [0.15, 0.2) is 12.4 Å². The van der Waals surface area contributed by atoms with Crippen LogP contribution in [-0.2, 0) is 13.1 Å². The predicted molar refractivity (Wildman–Crippen MR) is 66.4 cm³/mol. The van der Waals surface area contributed by atoms with Crippen LogP contribution >= 0.6 is 0 Å². The van der Waals surface area contributed by atoms with Gasteiger partial charge in [-0.05, 0) is 19.4 Å². The van der Waals surface area contributed by atoms with E-state index in [0.29, 0.717) is 12.6 Å². The summed E-state index contributed by atoms with van der Waals surface area (Å²) in [5.74, 6) is 0. The van der Waals surface area contributed by atoms with E-state index >= 15 is 0 Å². The van der Waals surface area contributed by atoms with Crippen molar-refractivity contribution in [1.29, 1.82) is 0 Å². The first-order chi connectivity index (χ1) is 8.33. The molecule has 2 heterocycles. The molecule has 1 fully saturated rings. The Morgan fingerprint density at radius 2 is 2.35 bits per heavy atom. The Labute approximate surface area is 102 Å². The summed E-state index contributed by atoms with van der Waals surface area (Å²) in [5.41, 5.74) is 7.01. The van der Waals surface area contributed by atoms with E-state index in [2.05, 4.69) is 10.00 Å². The van der Waals surface area contributed by atoms with Crippen molar-refractivity contribution in [1.82, 2.24) is 14.7 Å². The smallest absolute Gasteiger partial charge is 0.0640 e. The molecule has 3 N–H and O–H groups in total. The molecule has 1 aliphatic heterocycles. The second-order valence-electron chi connectivity index (χ2n) is 4.69. The van der Waals surface area contributed by atoms with Gasteiger partial charge in [-0.25, -0.2) is 0 Å². The van der Waals surface area contributed by atoms with Crippen molar-refractivity contribution in [2.75, 3.05) is 19.7 Å². The van der Waals surface area contributed by atoms with Crippen molar-refractivity contribution >= 4 is 0 Å². The Kier molecular flexibility index (Phi) is 4.53. The minimum Gasteiger partial charge on any atom is -0.394 e. The fourth-order valence-corrected chi connectivity index (χ4v) is 2.48. The number of likely N-dealkylation sites (tertiary alicyclic amines) is 1. The molecule has 17 heavy (non-hydrogen) atoms. The fraction of sp³-hybridized carbons (Fsp3) is 0.750. The number of aliphatic hydroxyl groups excluding tert-OH is 1. The zero-order valence-electron chi connectivity index (χ0n) is 10.3. The van der Waals surface area contributed by atoms with Crippen molar-refractivity contribution in [3.05, 3.63) is 18.0 Å². The highest BCUT2D eigenvalue weighted by Gasteiger charge is 2.21. The van der Waals surface area contributed by atoms with Gasteiger partial charge in [-0.15, -0.1) is 0 Å². The number of aliphatic hydroxyl groups is 1. The summed E-state index contributed by atoms with van der Waals surface area (Å²) in [6, 6.07) is 0.518. The molecule has 96 valence electrons. The summed E-state index contributed by atoms with van der Waals surface area (Å²) < 4.78 is 1.79. The van der Waals surface area contributed by atoms with Gasteiger partial charge in [-0.1, -0.05) is 6.42 Å². The van der Waals surface area contributed by atoms with Gasteiger partial charge < -0.3 is 10.8 Å². The van der Waals surface area contributed by atoms with Crippen LogP contribution in [-0.4, -0.2) is 45.5 Å². The predicted octanol–water partition coefficient (Wildman–Crippen LogP) is 0.189. The number of hydrogen-bond donors (Lipinski definition) is 2. The van der Waals surface area contributed by atoms with E-state index < -0.39 is 0 Å². The lowest BCUT2D eigenvalue weighted by molar-refractivity contribution is 0.145. The Balaban J connectivity index is 1.93. The highest BCUT2D eigenvalue weighted by molar-refractivity contribution is 5.04. The Bertz CT molecular complexity index is 339. The molecule has 0 spiro atoms. The molecule has 0 saturated carbocycles. The zero-order valence-corrected chi connectivity index (χ0v) is 10.3. The van der Waals surface area contributed by atoms with Crippen LogP contribution in [0.25, 0.3) is 0 Å². The lowest BCUT2D eigenvalue weighted by atomic mass is 10.0. The van der Waals surface area contributed by atoms with Gasteiger partial charge in [0, 0.05) is 30.9 Å². The topological polar surface area (TPSA) is 67.3 Å². The van der Waals surface area contributed by atoms with E-state index in [4.69, 9.17) is 10.8 Å². The van der Waals surface area contributed by atoms with Gasteiger partial charge in [-0.2, -0.15) is 5.10 Å². The highest BCUT2D eigenvalue weighted by Crippen LogP contribution is 2.18. The van der Waals surface area contributed by atoms with Gasteiger partial charge in [-0.3, -0.25) is 9.58 Å². The van der Waals surface area contributed by atoms with Gasteiger partial charge in [0.05, 0.1) is 19.3 Å². The quantitative estimate of drug-likeness (QED) is 0.768. The summed E-state index contributed by atoms with van der Waals surface area (Å²) in [5, 5.41) is 13.1. The first kappa shape index (κ1) is 12.5. The lowest BCUT2D eigenvalue weighted by Crippen LogP contribution is -2.43. The van der Waals surface area contributed by atoms with E-state index in [0.717, 1.165) is 19.6 Å². The number of aromatic nitrogens is 2. The lowest BCUT2D eigenvalue weighted by Gasteiger charge is -2.34. The Hall–Kier alpha value is -0.910. The summed E-state index contributed by atoms with van der Waals surface area (Å²) in [6.45, 7) is 3.50. The molecule has 1 saturated heterocycles. The summed E-state index contributed by atoms with van der Waals surface area (Å²) >= 11 is 0. The maximum Gasteiger partial charge on any atom is 0.0640 e. The van der Waals surface area contributed by atoms with Gasteiger partial charge >= 0.3 is 0 Å². The molecule has 0 aliphatic carbocycles. The van der Waals surface area contributed by atoms with Crippen LogP contribution < -0.4 is 5.73 Å². The first-order valence-corrected chi connectivity index (χ1v) is 6.40. The number of nitrogens with zero attached hydrogens (tertiary/aromatic N) is 3. The van der Waals surface area contributed by atoms with Crippen LogP contribution in [0.4, 0.5) is 0 Å². The molecular weight excluding hydrogens is 216 g/mol. The number of piperidine rings is 1. The minimum atomic E-state index is 0.135. The average molecular weight is 238 g/mol. The molecule has 1 aromatic heterocycles. The van der Waals surface area contributed by atoms with Crippen molar-refractivity contribution < 1.29 is 5.11 Å². The van der Waals surface area contributed by atoms with Crippen molar-refractivity contribution in [2.45, 2.75) is 38.4 Å². The third-order valence-electron chi connectivity index (χ3n) is 3.42. The van der Waals surface area contributed by atoms with E-state index in [1.807, 2.05) is 12.4 Å². The molecule has 1 atom stereocenters. The van der Waals surface area contributed by atoms with Gasteiger partial charge in [0.1, 0.15) is 0 Å². The second kappa shape index (κ2) is 6.14. The number of rotatable bonds is 5. The van der Waals surface area contributed by atoms with Crippen molar-refractivity contribution in [2.24, 2.45) is 5.73 Å². The number of hydrogen-bond acceptors (Lipinski definition) is 4. The van der Waals surface area contributed by atoms with Gasteiger partial charge in [0.2, 0.25) is 0 Å². The molecule has 5 nitrogen and oxygen atoms in total. The van der Waals surface area contributed by atoms with Gasteiger partial charge in [0.15, 0.2) is 0 Å². The summed E-state index contributed by atoms with van der Waals surface area (Å²) in [7, 11) is 0. The molecule has 5 heteroatoms. The molecule has 0 bridgehead atoms. The molecule has 1 aromatic rings. The molecule has 1 unspecified atom stereocenters. The molecule has 0 amide bonds. The maximum absolute atomic E-state index is 8.84. The second-order valence-corrected chi connectivity index (χ2v) is 4.69. The van der Waals surface area contributed by atoms with Crippen LogP contribution in [0.3, 0.4) is 0 Å². The number of nitrogens with two attached hydrogens (primary N) is 1. The van der Waals surface area contributed by atoms with E-state index in [9.17, 15) is 0 Å². The van der Waals surface area contributed by atoms with Crippen LogP contribution in [0, 0.1) is 0 Å². The van der Waals surface area contributed by atoms with E-state index in [1.165, 1.54) is 24.8 Å². The zero-order chi connectivity index (χ0) is 12.1. The standard InChI is InChI=1S/C12H22N4O/c13-7-12-3-1-2-4-15(12)9-11-8-14-16(10-11)5-6-17/h8,10,12,17H,1-7,9,13H2. The van der Waals surface area contributed by atoms with Crippen LogP contribution in [0.2, 0.25) is 0 Å². The fourth-order valence-electron chi connectivity index (χ4n) is 2.48. The molecule has 2 rings (SSSR count). The van der Waals surface area contributed by atoms with E-state index in [-0.39, 0.29) is 6.61 Å². The van der Waals surface area contributed by atoms with Crippen molar-refractivity contribution in [3.8, 4) is 0 Å². The summed E-state index contributed by atoms with van der Waals surface area (Å²) in [4.78, 5) is 2.45. The average Bonchev–Trinajstić information content (AvgIpc) is 2.78. The first-order valence-electron chi connectivity index (χ1n) is 6.40. The Morgan fingerprint density at radius 1 is 1.47 bits per heavy atom. The Morgan fingerprint density at radius 3 is 3.12 bits per heavy atom. The molecule has 1 aliphatic rings. The molecular formula is C12H22N4O. The maximum atomic E-state index is 8.84.